The summed E-state index contributed by atoms with van der Waals surface area (Å²) in [7, 11) is 0. The van der Waals surface area contributed by atoms with Gasteiger partial charge in [0.25, 0.3) is 5.69 Å². The molecule has 0 N–H and O–H groups in total. The maximum absolute atomic E-state index is 13.3. The van der Waals surface area contributed by atoms with Gasteiger partial charge < -0.3 is 0 Å². The molecule has 8 heteroatoms. The zero-order valence-corrected chi connectivity index (χ0v) is 9.83. The third-order valence-corrected chi connectivity index (χ3v) is 2.71. The maximum Gasteiger partial charge on any atom is 0.296 e. The molecule has 1 aromatic heterocycles. The van der Waals surface area contributed by atoms with Gasteiger partial charge in [0.2, 0.25) is 0 Å². The van der Waals surface area contributed by atoms with Crippen LogP contribution in [0.25, 0.3) is 5.69 Å². The second-order valence-corrected chi connectivity index (χ2v) is 4.01. The van der Waals surface area contributed by atoms with Crippen LogP contribution in [0, 0.1) is 19.5 Å². The lowest BCUT2D eigenvalue weighted by molar-refractivity contribution is -0.384. The molecule has 0 atom stereocenters. The van der Waals surface area contributed by atoms with E-state index in [2.05, 4.69) is 10.1 Å². The highest BCUT2D eigenvalue weighted by Gasteiger charge is 2.19. The second-order valence-electron chi connectivity index (χ2n) is 2.85. The summed E-state index contributed by atoms with van der Waals surface area (Å²) in [5.74, 6) is -0.531. The molecule has 2 rings (SSSR count). The van der Waals surface area contributed by atoms with Gasteiger partial charge in [0.05, 0.1) is 8.49 Å². The molecule has 0 saturated carbocycles. The van der Waals surface area contributed by atoms with Crippen LogP contribution < -0.4 is 0 Å². The lowest BCUT2D eigenvalue weighted by atomic mass is 10.2. The van der Waals surface area contributed by atoms with E-state index >= 15 is 0 Å². The number of nitro groups is 1. The molecule has 16 heavy (non-hydrogen) atoms. The van der Waals surface area contributed by atoms with Crippen molar-refractivity contribution in [1.29, 1.82) is 0 Å². The predicted molar refractivity (Wildman–Crippen MR) is 60.7 cm³/mol. The zero-order chi connectivity index (χ0) is 11.7. The Balaban J connectivity index is 2.68. The molecular weight excluding hydrogens is 330 g/mol. The van der Waals surface area contributed by atoms with Gasteiger partial charge in [-0.15, -0.1) is 0 Å². The maximum atomic E-state index is 13.3. The predicted octanol–water partition coefficient (Wildman–Crippen LogP) is 1.92. The van der Waals surface area contributed by atoms with Crippen molar-refractivity contribution < 1.29 is 9.31 Å². The summed E-state index contributed by atoms with van der Waals surface area (Å²) in [6.45, 7) is 0. The Labute approximate surface area is 102 Å². The molecule has 6 nitrogen and oxygen atoms in total. The Bertz CT molecular complexity index is 543. The molecule has 1 heterocycles. The van der Waals surface area contributed by atoms with Crippen LogP contribution in [0.5, 0.6) is 0 Å². The highest BCUT2D eigenvalue weighted by molar-refractivity contribution is 14.1. The molecule has 0 fully saturated rings. The molecule has 0 unspecified atom stereocenters. The zero-order valence-electron chi connectivity index (χ0n) is 7.67. The Kier molecular flexibility index (Phi) is 2.81. The van der Waals surface area contributed by atoms with Crippen LogP contribution in [0.3, 0.4) is 0 Å². The summed E-state index contributed by atoms with van der Waals surface area (Å²) in [4.78, 5) is 13.9. The van der Waals surface area contributed by atoms with Gasteiger partial charge in [0.15, 0.2) is 0 Å². The molecule has 0 aliphatic carbocycles. The molecule has 0 aliphatic rings. The van der Waals surface area contributed by atoms with E-state index in [4.69, 9.17) is 0 Å². The molecular formula is C8H4FIN4O2. The number of benzene rings is 1. The monoisotopic (exact) mass is 334 g/mol. The smallest absolute Gasteiger partial charge is 0.258 e. The standard InChI is InChI=1S/C8H4FIN4O2/c9-5-1-7(13-4-11-3-12-13)8(14(15)16)2-6(5)10/h1-4H. The average molecular weight is 334 g/mol. The van der Waals surface area contributed by atoms with E-state index in [1.54, 1.807) is 22.6 Å². The minimum absolute atomic E-state index is 0.0559. The number of nitrogens with zero attached hydrogens (tertiary/aromatic N) is 4. The van der Waals surface area contributed by atoms with Crippen molar-refractivity contribution in [2.45, 2.75) is 0 Å². The number of halogens is 2. The molecule has 0 bridgehead atoms. The van der Waals surface area contributed by atoms with Crippen molar-refractivity contribution in [3.8, 4) is 5.69 Å². The first-order valence-corrected chi connectivity index (χ1v) is 5.16. The van der Waals surface area contributed by atoms with Crippen LogP contribution in [-0.2, 0) is 0 Å². The summed E-state index contributed by atoms with van der Waals surface area (Å²) >= 11 is 1.69. The summed E-state index contributed by atoms with van der Waals surface area (Å²) in [6, 6.07) is 2.22. The van der Waals surface area contributed by atoms with Crippen LogP contribution in [0.2, 0.25) is 0 Å². The van der Waals surface area contributed by atoms with Crippen molar-refractivity contribution in [1.82, 2.24) is 14.8 Å². The highest BCUT2D eigenvalue weighted by Crippen LogP contribution is 2.26. The normalized spacial score (nSPS) is 10.4. The number of nitro benzene ring substituents is 1. The van der Waals surface area contributed by atoms with E-state index in [0.717, 1.165) is 16.8 Å². The first kappa shape index (κ1) is 10.9. The number of hydrogen-bond donors (Lipinski definition) is 0. The molecule has 0 aliphatic heterocycles. The molecule has 0 saturated heterocycles. The largest absolute Gasteiger partial charge is 0.296 e. The Morgan fingerprint density at radius 3 is 2.81 bits per heavy atom. The Hall–Kier alpha value is -1.58. The Morgan fingerprint density at radius 1 is 1.50 bits per heavy atom. The van der Waals surface area contributed by atoms with Crippen molar-refractivity contribution in [2.24, 2.45) is 0 Å². The Morgan fingerprint density at radius 2 is 2.25 bits per heavy atom. The second kappa shape index (κ2) is 4.12. The van der Waals surface area contributed by atoms with E-state index < -0.39 is 10.7 Å². The summed E-state index contributed by atoms with van der Waals surface area (Å²) in [5, 5.41) is 14.5. The fourth-order valence-electron chi connectivity index (χ4n) is 1.19. The lowest BCUT2D eigenvalue weighted by Crippen LogP contribution is -2.02. The summed E-state index contributed by atoms with van der Waals surface area (Å²) < 4.78 is 14.7. The van der Waals surface area contributed by atoms with E-state index in [-0.39, 0.29) is 14.9 Å². The fraction of sp³-hybridized carbons (Fsp3) is 0. The van der Waals surface area contributed by atoms with Crippen LogP contribution in [0.15, 0.2) is 24.8 Å². The SMILES string of the molecule is O=[N+]([O-])c1cc(I)c(F)cc1-n1cncn1. The van der Waals surface area contributed by atoms with E-state index in [1.165, 1.54) is 12.7 Å². The van der Waals surface area contributed by atoms with Gasteiger partial charge >= 0.3 is 0 Å². The molecule has 0 spiro atoms. The van der Waals surface area contributed by atoms with Crippen molar-refractivity contribution in [2.75, 3.05) is 0 Å². The summed E-state index contributed by atoms with van der Waals surface area (Å²) in [6.07, 6.45) is 2.49. The molecule has 1 aromatic carbocycles. The van der Waals surface area contributed by atoms with Crippen molar-refractivity contribution >= 4 is 28.3 Å². The molecule has 2 aromatic rings. The van der Waals surface area contributed by atoms with E-state index in [1.807, 2.05) is 0 Å². The number of rotatable bonds is 2. The van der Waals surface area contributed by atoms with Crippen LogP contribution >= 0.6 is 22.6 Å². The van der Waals surface area contributed by atoms with Crippen molar-refractivity contribution in [3.63, 3.8) is 0 Å². The number of hydrogen-bond acceptors (Lipinski definition) is 4. The molecule has 0 radical (unpaired) electrons. The van der Waals surface area contributed by atoms with E-state index in [0.29, 0.717) is 0 Å². The van der Waals surface area contributed by atoms with Crippen molar-refractivity contribution in [3.05, 3.63) is 44.3 Å². The van der Waals surface area contributed by atoms with Gasteiger partial charge in [-0.2, -0.15) is 5.10 Å². The van der Waals surface area contributed by atoms with E-state index in [9.17, 15) is 14.5 Å². The summed E-state index contributed by atoms with van der Waals surface area (Å²) in [5.41, 5.74) is -0.156. The topological polar surface area (TPSA) is 73.8 Å². The van der Waals surface area contributed by atoms with Crippen LogP contribution in [0.1, 0.15) is 0 Å². The minimum Gasteiger partial charge on any atom is -0.258 e. The van der Waals surface area contributed by atoms with Gasteiger partial charge in [-0.1, -0.05) is 0 Å². The first-order valence-electron chi connectivity index (χ1n) is 4.08. The number of aromatic nitrogens is 3. The minimum atomic E-state index is -0.585. The highest BCUT2D eigenvalue weighted by atomic mass is 127. The third-order valence-electron chi connectivity index (χ3n) is 1.88. The third kappa shape index (κ3) is 1.87. The van der Waals surface area contributed by atoms with Gasteiger partial charge in [0, 0.05) is 12.1 Å². The first-order chi connectivity index (χ1) is 7.59. The van der Waals surface area contributed by atoms with Gasteiger partial charge in [-0.3, -0.25) is 10.1 Å². The molecule has 0 amide bonds. The van der Waals surface area contributed by atoms with Gasteiger partial charge in [0.1, 0.15) is 24.2 Å². The molecule has 82 valence electrons. The fourth-order valence-corrected chi connectivity index (χ4v) is 1.64. The quantitative estimate of drug-likeness (QED) is 0.478. The van der Waals surface area contributed by atoms with Crippen LogP contribution in [-0.4, -0.2) is 19.7 Å². The average Bonchev–Trinajstić information content (AvgIpc) is 2.74. The van der Waals surface area contributed by atoms with Gasteiger partial charge in [-0.05, 0) is 22.6 Å². The van der Waals surface area contributed by atoms with Crippen LogP contribution in [0.4, 0.5) is 10.1 Å². The van der Waals surface area contributed by atoms with Gasteiger partial charge in [-0.25, -0.2) is 14.1 Å². The lowest BCUT2D eigenvalue weighted by Gasteiger charge is -2.03.